The van der Waals surface area contributed by atoms with Crippen LogP contribution in [-0.2, 0) is 20.9 Å². The molecule has 2 fully saturated rings. The molecule has 41 heavy (non-hydrogen) atoms. The molecule has 6 atom stereocenters. The standard InChI is InChI=1S/C33H37N3O4S/c1-2-3-18-34-20-11-17-33-28(31(39)36(29(33)32(34)40)25(22-37)24-14-8-5-9-15-24)27-26(41-33)16-10-19-35(30(27)38)21-23-12-6-4-7-13-23/h4-17,25-29,37H,2-3,18-22H2,1H3/t25-,26+,27-,28+,29?,33+/m1/s1. The molecule has 4 heterocycles. The minimum atomic E-state index is -0.900. The molecule has 8 heteroatoms. The van der Waals surface area contributed by atoms with Crippen LogP contribution in [0.1, 0.15) is 36.9 Å². The fourth-order valence-corrected chi connectivity index (χ4v) is 9.03. The smallest absolute Gasteiger partial charge is 0.247 e. The van der Waals surface area contributed by atoms with E-state index >= 15 is 0 Å². The van der Waals surface area contributed by atoms with E-state index in [1.807, 2.05) is 88.7 Å². The topological polar surface area (TPSA) is 81.2 Å². The van der Waals surface area contributed by atoms with Crippen LogP contribution in [0, 0.1) is 11.8 Å². The Morgan fingerprint density at radius 1 is 0.927 bits per heavy atom. The maximum atomic E-state index is 14.7. The Hall–Kier alpha value is -3.36. The van der Waals surface area contributed by atoms with Crippen LogP contribution < -0.4 is 0 Å². The van der Waals surface area contributed by atoms with Crippen LogP contribution in [-0.4, -0.2) is 79.8 Å². The lowest BCUT2D eigenvalue weighted by Gasteiger charge is -2.38. The highest BCUT2D eigenvalue weighted by Gasteiger charge is 2.71. The maximum absolute atomic E-state index is 14.7. The number of carbonyl (C=O) groups is 3. The number of hydrogen-bond donors (Lipinski definition) is 1. The van der Waals surface area contributed by atoms with Crippen molar-refractivity contribution in [2.75, 3.05) is 26.2 Å². The van der Waals surface area contributed by atoms with E-state index in [1.54, 1.807) is 16.7 Å². The number of aliphatic hydroxyl groups excluding tert-OH is 1. The zero-order valence-electron chi connectivity index (χ0n) is 23.3. The Balaban J connectivity index is 1.43. The van der Waals surface area contributed by atoms with Gasteiger partial charge in [0.05, 0.1) is 29.2 Å². The van der Waals surface area contributed by atoms with Gasteiger partial charge in [-0.3, -0.25) is 14.4 Å². The average Bonchev–Trinajstić information content (AvgIpc) is 3.32. The number of benzene rings is 2. The Labute approximate surface area is 245 Å². The van der Waals surface area contributed by atoms with Crippen molar-refractivity contribution in [2.24, 2.45) is 11.8 Å². The molecule has 1 unspecified atom stereocenters. The van der Waals surface area contributed by atoms with Crippen molar-refractivity contribution >= 4 is 29.5 Å². The number of fused-ring (bicyclic) bond motifs is 2. The van der Waals surface area contributed by atoms with E-state index in [2.05, 4.69) is 13.0 Å². The molecular weight excluding hydrogens is 534 g/mol. The summed E-state index contributed by atoms with van der Waals surface area (Å²) in [6, 6.07) is 17.8. The molecule has 3 amide bonds. The summed E-state index contributed by atoms with van der Waals surface area (Å²) in [6.07, 6.45) is 9.98. The third-order valence-electron chi connectivity index (χ3n) is 8.95. The second kappa shape index (κ2) is 11.5. The highest BCUT2D eigenvalue weighted by molar-refractivity contribution is 8.02. The molecule has 0 radical (unpaired) electrons. The van der Waals surface area contributed by atoms with Crippen molar-refractivity contribution in [3.63, 3.8) is 0 Å². The zero-order chi connectivity index (χ0) is 28.6. The van der Waals surface area contributed by atoms with Crippen LogP contribution in [0.2, 0.25) is 0 Å². The van der Waals surface area contributed by atoms with Crippen molar-refractivity contribution in [3.8, 4) is 0 Å². The summed E-state index contributed by atoms with van der Waals surface area (Å²) in [7, 11) is 0. The third-order valence-corrected chi connectivity index (χ3v) is 10.7. The molecule has 1 N–H and O–H groups in total. The van der Waals surface area contributed by atoms with Gasteiger partial charge in [0.15, 0.2) is 0 Å². The van der Waals surface area contributed by atoms with Crippen LogP contribution in [0.25, 0.3) is 0 Å². The average molecular weight is 572 g/mol. The van der Waals surface area contributed by atoms with Crippen LogP contribution in [0.3, 0.4) is 0 Å². The molecule has 0 bridgehead atoms. The van der Waals surface area contributed by atoms with E-state index in [0.29, 0.717) is 26.2 Å². The predicted molar refractivity (Wildman–Crippen MR) is 160 cm³/mol. The van der Waals surface area contributed by atoms with Gasteiger partial charge < -0.3 is 19.8 Å². The fourth-order valence-electron chi connectivity index (χ4n) is 7.04. The maximum Gasteiger partial charge on any atom is 0.247 e. The van der Waals surface area contributed by atoms with Gasteiger partial charge in [-0.2, -0.15) is 0 Å². The molecule has 0 aromatic heterocycles. The van der Waals surface area contributed by atoms with Crippen LogP contribution in [0.15, 0.2) is 85.0 Å². The quantitative estimate of drug-likeness (QED) is 0.488. The molecule has 4 aliphatic heterocycles. The van der Waals surface area contributed by atoms with Gasteiger partial charge in [-0.05, 0) is 17.5 Å². The number of aliphatic hydroxyl groups is 1. The fraction of sp³-hybridized carbons (Fsp3) is 0.424. The number of thioether (sulfide) groups is 1. The third kappa shape index (κ3) is 4.71. The summed E-state index contributed by atoms with van der Waals surface area (Å²) in [5.74, 6) is -1.69. The van der Waals surface area contributed by atoms with Gasteiger partial charge in [0.25, 0.3) is 0 Å². The lowest BCUT2D eigenvalue weighted by Crippen LogP contribution is -2.54. The predicted octanol–water partition coefficient (Wildman–Crippen LogP) is 3.81. The van der Waals surface area contributed by atoms with Gasteiger partial charge in [-0.15, -0.1) is 11.8 Å². The first-order chi connectivity index (χ1) is 20.0. The Kier molecular flexibility index (Phi) is 7.79. The molecule has 2 aromatic carbocycles. The molecule has 2 saturated heterocycles. The van der Waals surface area contributed by atoms with Crippen molar-refractivity contribution < 1.29 is 19.5 Å². The molecule has 214 valence electrons. The molecular formula is C33H37N3O4S. The first-order valence-electron chi connectivity index (χ1n) is 14.6. The number of amides is 3. The Bertz CT molecular complexity index is 1350. The van der Waals surface area contributed by atoms with E-state index in [1.165, 1.54) is 0 Å². The van der Waals surface area contributed by atoms with Gasteiger partial charge in [0, 0.05) is 31.4 Å². The summed E-state index contributed by atoms with van der Waals surface area (Å²) in [5.41, 5.74) is 1.81. The molecule has 0 aliphatic carbocycles. The van der Waals surface area contributed by atoms with Crippen molar-refractivity contribution in [2.45, 2.75) is 48.4 Å². The molecule has 1 spiro atoms. The lowest BCUT2D eigenvalue weighted by molar-refractivity contribution is -0.147. The van der Waals surface area contributed by atoms with Crippen LogP contribution >= 0.6 is 11.8 Å². The summed E-state index contributed by atoms with van der Waals surface area (Å²) < 4.78 is -0.900. The van der Waals surface area contributed by atoms with Gasteiger partial charge in [-0.1, -0.05) is 98.3 Å². The number of rotatable bonds is 8. The van der Waals surface area contributed by atoms with E-state index < -0.39 is 28.7 Å². The normalized spacial score (nSPS) is 29.7. The lowest BCUT2D eigenvalue weighted by atomic mass is 9.78. The van der Waals surface area contributed by atoms with Gasteiger partial charge in [0.1, 0.15) is 6.04 Å². The Morgan fingerprint density at radius 3 is 2.34 bits per heavy atom. The van der Waals surface area contributed by atoms with Crippen molar-refractivity contribution in [3.05, 3.63) is 96.1 Å². The Morgan fingerprint density at radius 2 is 1.63 bits per heavy atom. The number of carbonyl (C=O) groups excluding carboxylic acids is 3. The number of nitrogens with zero attached hydrogens (tertiary/aromatic N) is 3. The number of unbranched alkanes of at least 4 members (excludes halogenated alkanes) is 1. The van der Waals surface area contributed by atoms with Crippen molar-refractivity contribution in [1.82, 2.24) is 14.7 Å². The molecule has 7 nitrogen and oxygen atoms in total. The van der Waals surface area contributed by atoms with Crippen LogP contribution in [0.5, 0.6) is 0 Å². The van der Waals surface area contributed by atoms with Crippen molar-refractivity contribution in [1.29, 1.82) is 0 Å². The van der Waals surface area contributed by atoms with Gasteiger partial charge in [0.2, 0.25) is 17.7 Å². The van der Waals surface area contributed by atoms with E-state index in [9.17, 15) is 19.5 Å². The largest absolute Gasteiger partial charge is 0.394 e. The number of hydrogen-bond acceptors (Lipinski definition) is 5. The first kappa shape index (κ1) is 27.8. The summed E-state index contributed by atoms with van der Waals surface area (Å²) in [5, 5.41) is 10.5. The molecule has 4 aliphatic rings. The minimum absolute atomic E-state index is 0.0552. The van der Waals surface area contributed by atoms with E-state index in [0.717, 1.165) is 24.0 Å². The summed E-state index contributed by atoms with van der Waals surface area (Å²) in [6.45, 7) is 3.80. The summed E-state index contributed by atoms with van der Waals surface area (Å²) in [4.78, 5) is 48.7. The van der Waals surface area contributed by atoms with E-state index in [-0.39, 0.29) is 29.6 Å². The zero-order valence-corrected chi connectivity index (χ0v) is 24.2. The minimum Gasteiger partial charge on any atom is -0.394 e. The highest BCUT2D eigenvalue weighted by atomic mass is 32.2. The monoisotopic (exact) mass is 571 g/mol. The highest BCUT2D eigenvalue weighted by Crippen LogP contribution is 2.62. The SMILES string of the molecule is CCCCN1CC=C[C@]23S[C@H]4C=CCN(Cc5ccccc5)C(=O)[C@H]4[C@H]2C(=O)N([C@H](CO)c2ccccc2)C3C1=O. The van der Waals surface area contributed by atoms with E-state index in [4.69, 9.17) is 0 Å². The number of likely N-dealkylation sites (tertiary alicyclic amines) is 1. The van der Waals surface area contributed by atoms with Crippen LogP contribution in [0.4, 0.5) is 0 Å². The van der Waals surface area contributed by atoms with Gasteiger partial charge >= 0.3 is 0 Å². The molecule has 0 saturated carbocycles. The second-order valence-corrected chi connectivity index (χ2v) is 12.9. The molecule has 6 rings (SSSR count). The molecule has 2 aromatic rings. The second-order valence-electron chi connectivity index (χ2n) is 11.4. The summed E-state index contributed by atoms with van der Waals surface area (Å²) >= 11 is 1.58. The van der Waals surface area contributed by atoms with Gasteiger partial charge in [-0.25, -0.2) is 0 Å². The first-order valence-corrected chi connectivity index (χ1v) is 15.5.